The Morgan fingerprint density at radius 2 is 1.41 bits per heavy atom. The van der Waals surface area contributed by atoms with Crippen LogP contribution >= 0.6 is 0 Å². The SMILES string of the molecule is CO[C@H](C(=O)N[C@H](C)c1ccc(-c2ccccc2)cc1)c1ccc(O)cc1. The lowest BCUT2D eigenvalue weighted by Gasteiger charge is -2.20. The van der Waals surface area contributed by atoms with Gasteiger partial charge < -0.3 is 15.2 Å². The van der Waals surface area contributed by atoms with Crippen molar-refractivity contribution in [1.29, 1.82) is 0 Å². The van der Waals surface area contributed by atoms with Gasteiger partial charge in [0.1, 0.15) is 5.75 Å². The van der Waals surface area contributed by atoms with Gasteiger partial charge in [-0.2, -0.15) is 0 Å². The second-order valence-corrected chi connectivity index (χ2v) is 6.43. The van der Waals surface area contributed by atoms with Crippen LogP contribution in [0.5, 0.6) is 5.75 Å². The molecule has 0 aliphatic rings. The van der Waals surface area contributed by atoms with Gasteiger partial charge >= 0.3 is 0 Å². The molecule has 0 radical (unpaired) electrons. The van der Waals surface area contributed by atoms with E-state index in [1.54, 1.807) is 24.3 Å². The second-order valence-electron chi connectivity index (χ2n) is 6.43. The molecule has 0 unspecified atom stereocenters. The summed E-state index contributed by atoms with van der Waals surface area (Å²) in [7, 11) is 1.50. The zero-order valence-electron chi connectivity index (χ0n) is 15.4. The van der Waals surface area contributed by atoms with E-state index in [2.05, 4.69) is 29.6 Å². The number of benzene rings is 3. The summed E-state index contributed by atoms with van der Waals surface area (Å²) in [6, 6.07) is 24.6. The first-order chi connectivity index (χ1) is 13.1. The van der Waals surface area contributed by atoms with E-state index in [-0.39, 0.29) is 17.7 Å². The van der Waals surface area contributed by atoms with Gasteiger partial charge in [-0.05, 0) is 41.3 Å². The van der Waals surface area contributed by atoms with Gasteiger partial charge in [-0.15, -0.1) is 0 Å². The van der Waals surface area contributed by atoms with Crippen molar-refractivity contribution < 1.29 is 14.6 Å². The lowest BCUT2D eigenvalue weighted by molar-refractivity contribution is -0.132. The molecule has 0 aliphatic carbocycles. The molecule has 0 heterocycles. The predicted octanol–water partition coefficient (Wildman–Crippen LogP) is 4.62. The molecule has 0 saturated carbocycles. The number of phenols is 1. The number of amides is 1. The van der Waals surface area contributed by atoms with Crippen LogP contribution < -0.4 is 5.32 Å². The Kier molecular flexibility index (Phi) is 5.89. The van der Waals surface area contributed by atoms with Gasteiger partial charge in [0.2, 0.25) is 0 Å². The fourth-order valence-corrected chi connectivity index (χ4v) is 3.01. The van der Waals surface area contributed by atoms with Crippen LogP contribution in [0, 0.1) is 0 Å². The molecule has 2 N–H and O–H groups in total. The molecule has 27 heavy (non-hydrogen) atoms. The molecule has 2 atom stereocenters. The lowest BCUT2D eigenvalue weighted by atomic mass is 10.0. The van der Waals surface area contributed by atoms with Crippen molar-refractivity contribution in [2.75, 3.05) is 7.11 Å². The molecule has 0 aliphatic heterocycles. The molecule has 3 aromatic carbocycles. The van der Waals surface area contributed by atoms with Crippen molar-refractivity contribution in [2.45, 2.75) is 19.1 Å². The summed E-state index contributed by atoms with van der Waals surface area (Å²) < 4.78 is 5.36. The lowest BCUT2D eigenvalue weighted by Crippen LogP contribution is -2.32. The minimum absolute atomic E-state index is 0.154. The Balaban J connectivity index is 1.69. The summed E-state index contributed by atoms with van der Waals surface area (Å²) in [5.74, 6) is -0.0660. The Morgan fingerprint density at radius 1 is 0.852 bits per heavy atom. The third kappa shape index (κ3) is 4.54. The maximum atomic E-state index is 12.6. The van der Waals surface area contributed by atoms with Crippen molar-refractivity contribution in [3.63, 3.8) is 0 Å². The average Bonchev–Trinajstić information content (AvgIpc) is 2.71. The Labute approximate surface area is 159 Å². The summed E-state index contributed by atoms with van der Waals surface area (Å²) in [4.78, 5) is 12.6. The Hall–Kier alpha value is -3.11. The molecule has 4 heteroatoms. The number of carbonyl (C=O) groups excluding carboxylic acids is 1. The van der Waals surface area contributed by atoms with E-state index in [1.165, 1.54) is 7.11 Å². The number of methoxy groups -OCH3 is 1. The van der Waals surface area contributed by atoms with Gasteiger partial charge in [0.25, 0.3) is 5.91 Å². The molecule has 4 nitrogen and oxygen atoms in total. The summed E-state index contributed by atoms with van der Waals surface area (Å²) in [5, 5.41) is 12.4. The standard InChI is InChI=1S/C23H23NO3/c1-16(17-8-10-19(11-9-17)18-6-4-3-5-7-18)24-23(26)22(27-2)20-12-14-21(25)15-13-20/h3-16,22,25H,1-2H3,(H,24,26)/t16-,22+/m1/s1. The molecule has 0 aromatic heterocycles. The van der Waals surface area contributed by atoms with Gasteiger partial charge in [0, 0.05) is 7.11 Å². The molecule has 0 saturated heterocycles. The van der Waals surface area contributed by atoms with Gasteiger partial charge in [0.05, 0.1) is 6.04 Å². The summed E-state index contributed by atoms with van der Waals surface area (Å²) in [5.41, 5.74) is 4.01. The van der Waals surface area contributed by atoms with E-state index in [0.29, 0.717) is 5.56 Å². The van der Waals surface area contributed by atoms with Crippen LogP contribution in [0.15, 0.2) is 78.9 Å². The van der Waals surface area contributed by atoms with Crippen molar-refractivity contribution in [3.05, 3.63) is 90.0 Å². The van der Waals surface area contributed by atoms with Crippen molar-refractivity contribution in [2.24, 2.45) is 0 Å². The number of aromatic hydroxyl groups is 1. The first-order valence-corrected chi connectivity index (χ1v) is 8.86. The number of ether oxygens (including phenoxy) is 1. The molecular formula is C23H23NO3. The number of nitrogens with one attached hydrogen (secondary N) is 1. The van der Waals surface area contributed by atoms with Crippen LogP contribution in [0.4, 0.5) is 0 Å². The third-order valence-electron chi connectivity index (χ3n) is 4.55. The highest BCUT2D eigenvalue weighted by atomic mass is 16.5. The fraction of sp³-hybridized carbons (Fsp3) is 0.174. The van der Waals surface area contributed by atoms with Gasteiger partial charge in [-0.3, -0.25) is 4.79 Å². The zero-order chi connectivity index (χ0) is 19.2. The van der Waals surface area contributed by atoms with E-state index in [0.717, 1.165) is 16.7 Å². The van der Waals surface area contributed by atoms with Crippen molar-refractivity contribution in [3.8, 4) is 16.9 Å². The monoisotopic (exact) mass is 361 g/mol. The van der Waals surface area contributed by atoms with E-state index < -0.39 is 6.10 Å². The molecule has 0 spiro atoms. The number of carbonyl (C=O) groups is 1. The van der Waals surface area contributed by atoms with Crippen LogP contribution in [-0.4, -0.2) is 18.1 Å². The molecule has 1 amide bonds. The quantitative estimate of drug-likeness (QED) is 0.673. The summed E-state index contributed by atoms with van der Waals surface area (Å²) in [6.45, 7) is 1.94. The summed E-state index contributed by atoms with van der Waals surface area (Å²) >= 11 is 0. The molecule has 3 rings (SSSR count). The number of rotatable bonds is 6. The molecular weight excluding hydrogens is 338 g/mol. The first-order valence-electron chi connectivity index (χ1n) is 8.86. The minimum atomic E-state index is -0.725. The van der Waals surface area contributed by atoms with Crippen molar-refractivity contribution >= 4 is 5.91 Å². The van der Waals surface area contributed by atoms with Gasteiger partial charge in [-0.25, -0.2) is 0 Å². The van der Waals surface area contributed by atoms with E-state index >= 15 is 0 Å². The van der Waals surface area contributed by atoms with Crippen LogP contribution in [0.3, 0.4) is 0 Å². The molecule has 0 fully saturated rings. The molecule has 3 aromatic rings. The Morgan fingerprint density at radius 3 is 2.00 bits per heavy atom. The normalized spacial score (nSPS) is 13.0. The van der Waals surface area contributed by atoms with E-state index in [1.807, 2.05) is 37.3 Å². The number of phenolic OH excluding ortho intramolecular Hbond substituents is 1. The smallest absolute Gasteiger partial charge is 0.254 e. The highest BCUT2D eigenvalue weighted by Gasteiger charge is 2.22. The maximum absolute atomic E-state index is 12.6. The van der Waals surface area contributed by atoms with Crippen molar-refractivity contribution in [1.82, 2.24) is 5.32 Å². The molecule has 0 bridgehead atoms. The molecule has 138 valence electrons. The third-order valence-corrected chi connectivity index (χ3v) is 4.55. The predicted molar refractivity (Wildman–Crippen MR) is 106 cm³/mol. The average molecular weight is 361 g/mol. The van der Waals surface area contributed by atoms with Gasteiger partial charge in [-0.1, -0.05) is 66.7 Å². The topological polar surface area (TPSA) is 58.6 Å². The number of hydrogen-bond donors (Lipinski definition) is 2. The van der Waals surface area contributed by atoms with E-state index in [4.69, 9.17) is 4.74 Å². The highest BCUT2D eigenvalue weighted by molar-refractivity contribution is 5.82. The van der Waals surface area contributed by atoms with Crippen LogP contribution in [-0.2, 0) is 9.53 Å². The zero-order valence-corrected chi connectivity index (χ0v) is 15.4. The Bertz CT molecular complexity index is 874. The first kappa shape index (κ1) is 18.7. The highest BCUT2D eigenvalue weighted by Crippen LogP contribution is 2.24. The van der Waals surface area contributed by atoms with Gasteiger partial charge in [0.15, 0.2) is 6.10 Å². The largest absolute Gasteiger partial charge is 0.508 e. The second kappa shape index (κ2) is 8.52. The van der Waals surface area contributed by atoms with E-state index in [9.17, 15) is 9.90 Å². The summed E-state index contributed by atoms with van der Waals surface area (Å²) in [6.07, 6.45) is -0.725. The fourth-order valence-electron chi connectivity index (χ4n) is 3.01. The van der Waals surface area contributed by atoms with Crippen LogP contribution in [0.25, 0.3) is 11.1 Å². The minimum Gasteiger partial charge on any atom is -0.508 e. The number of hydrogen-bond acceptors (Lipinski definition) is 3. The maximum Gasteiger partial charge on any atom is 0.254 e. The van der Waals surface area contributed by atoms with Crippen LogP contribution in [0.1, 0.15) is 30.2 Å². The van der Waals surface area contributed by atoms with Crippen LogP contribution in [0.2, 0.25) is 0 Å².